The van der Waals surface area contributed by atoms with Crippen LogP contribution in [0.3, 0.4) is 0 Å². The first-order valence-corrected chi connectivity index (χ1v) is 7.43. The second-order valence-electron chi connectivity index (χ2n) is 5.09. The number of carbonyl (C=O) groups excluding carboxylic acids is 1. The molecule has 0 spiro atoms. The number of hydrogen-bond acceptors (Lipinski definition) is 2. The van der Waals surface area contributed by atoms with Gasteiger partial charge in [0.05, 0.1) is 12.5 Å². The van der Waals surface area contributed by atoms with Gasteiger partial charge in [-0.05, 0) is 36.6 Å². The van der Waals surface area contributed by atoms with Gasteiger partial charge in [-0.25, -0.2) is 4.79 Å². The summed E-state index contributed by atoms with van der Waals surface area (Å²) in [7, 11) is 0. The summed E-state index contributed by atoms with van der Waals surface area (Å²) in [6.07, 6.45) is 8.01. The summed E-state index contributed by atoms with van der Waals surface area (Å²) in [5.41, 5.74) is 3.06. The molecule has 2 amide bonds. The molecule has 0 aliphatic heterocycles. The van der Waals surface area contributed by atoms with E-state index in [9.17, 15) is 4.79 Å². The first kappa shape index (κ1) is 15.2. The Morgan fingerprint density at radius 3 is 2.57 bits per heavy atom. The fourth-order valence-corrected chi connectivity index (χ4v) is 2.08. The topological polar surface area (TPSA) is 54.3 Å². The average Bonchev–Trinajstić information content (AvgIpc) is 3.01. The molecular weight excluding hydrogens is 264 g/mol. The Labute approximate surface area is 125 Å². The van der Waals surface area contributed by atoms with Crippen LogP contribution in [0, 0.1) is 0 Å². The molecule has 0 aliphatic carbocycles. The second-order valence-corrected chi connectivity index (χ2v) is 5.09. The van der Waals surface area contributed by atoms with E-state index in [0.717, 1.165) is 17.7 Å². The molecule has 0 atom stereocenters. The molecule has 0 aliphatic rings. The van der Waals surface area contributed by atoms with Crippen molar-refractivity contribution in [2.75, 3.05) is 5.32 Å². The van der Waals surface area contributed by atoms with Crippen LogP contribution < -0.4 is 10.6 Å². The molecule has 0 unspecified atom stereocenters. The minimum Gasteiger partial charge on any atom is -0.472 e. The highest BCUT2D eigenvalue weighted by Gasteiger charge is 2.02. The second kappa shape index (κ2) is 8.15. The Balaban J connectivity index is 1.75. The number of aryl methyl sites for hydroxylation is 1. The predicted octanol–water partition coefficient (Wildman–Crippen LogP) is 4.33. The van der Waals surface area contributed by atoms with Crippen molar-refractivity contribution in [1.29, 1.82) is 0 Å². The summed E-state index contributed by atoms with van der Waals surface area (Å²) in [4.78, 5) is 11.8. The van der Waals surface area contributed by atoms with E-state index in [2.05, 4.69) is 29.7 Å². The highest BCUT2D eigenvalue weighted by molar-refractivity contribution is 5.89. The van der Waals surface area contributed by atoms with E-state index in [1.807, 2.05) is 18.2 Å². The van der Waals surface area contributed by atoms with Gasteiger partial charge in [0.2, 0.25) is 0 Å². The van der Waals surface area contributed by atoms with Gasteiger partial charge in [-0.3, -0.25) is 0 Å². The van der Waals surface area contributed by atoms with Crippen molar-refractivity contribution >= 4 is 11.7 Å². The van der Waals surface area contributed by atoms with Gasteiger partial charge in [0.15, 0.2) is 0 Å². The Morgan fingerprint density at radius 1 is 1.10 bits per heavy atom. The molecule has 1 aromatic heterocycles. The highest BCUT2D eigenvalue weighted by Crippen LogP contribution is 2.12. The Morgan fingerprint density at radius 2 is 1.90 bits per heavy atom. The normalized spacial score (nSPS) is 10.3. The molecule has 112 valence electrons. The summed E-state index contributed by atoms with van der Waals surface area (Å²) in [6, 6.07) is 9.64. The molecule has 0 saturated heterocycles. The monoisotopic (exact) mass is 286 g/mol. The lowest BCUT2D eigenvalue weighted by Crippen LogP contribution is -2.27. The molecule has 1 aromatic carbocycles. The Hall–Kier alpha value is -2.23. The molecule has 2 N–H and O–H groups in total. The van der Waals surface area contributed by atoms with Crippen LogP contribution in [0.15, 0.2) is 47.3 Å². The first-order chi connectivity index (χ1) is 10.3. The number of hydrogen-bond donors (Lipinski definition) is 2. The van der Waals surface area contributed by atoms with E-state index in [1.54, 1.807) is 12.5 Å². The zero-order chi connectivity index (χ0) is 14.9. The van der Waals surface area contributed by atoms with Gasteiger partial charge >= 0.3 is 6.03 Å². The van der Waals surface area contributed by atoms with E-state index in [-0.39, 0.29) is 6.03 Å². The van der Waals surface area contributed by atoms with Gasteiger partial charge in [-0.1, -0.05) is 31.9 Å². The largest absolute Gasteiger partial charge is 0.472 e. The fraction of sp³-hybridized carbons (Fsp3) is 0.353. The van der Waals surface area contributed by atoms with Gasteiger partial charge in [0, 0.05) is 17.8 Å². The van der Waals surface area contributed by atoms with Crippen molar-refractivity contribution in [2.24, 2.45) is 0 Å². The van der Waals surface area contributed by atoms with Crippen LogP contribution in [0.25, 0.3) is 0 Å². The van der Waals surface area contributed by atoms with Crippen molar-refractivity contribution in [2.45, 2.75) is 39.2 Å². The van der Waals surface area contributed by atoms with Crippen molar-refractivity contribution in [1.82, 2.24) is 5.32 Å². The molecule has 0 fully saturated rings. The van der Waals surface area contributed by atoms with Gasteiger partial charge in [0.25, 0.3) is 0 Å². The van der Waals surface area contributed by atoms with Crippen molar-refractivity contribution in [3.63, 3.8) is 0 Å². The summed E-state index contributed by atoms with van der Waals surface area (Å²) in [6.45, 7) is 2.66. The first-order valence-electron chi connectivity index (χ1n) is 7.43. The van der Waals surface area contributed by atoms with E-state index < -0.39 is 0 Å². The zero-order valence-corrected chi connectivity index (χ0v) is 12.4. The third-order valence-corrected chi connectivity index (χ3v) is 3.31. The van der Waals surface area contributed by atoms with Crippen molar-refractivity contribution in [3.05, 3.63) is 54.0 Å². The summed E-state index contributed by atoms with van der Waals surface area (Å²) in [5, 5.41) is 5.60. The quantitative estimate of drug-likeness (QED) is 0.744. The Kier molecular flexibility index (Phi) is 5.88. The highest BCUT2D eigenvalue weighted by atomic mass is 16.3. The predicted molar refractivity (Wildman–Crippen MR) is 84.2 cm³/mol. The van der Waals surface area contributed by atoms with E-state index in [4.69, 9.17) is 4.42 Å². The molecule has 0 bridgehead atoms. The molecule has 0 saturated carbocycles. The SMILES string of the molecule is CCCCCc1ccc(NC(=O)NCc2ccoc2)cc1. The molecule has 21 heavy (non-hydrogen) atoms. The summed E-state index contributed by atoms with van der Waals surface area (Å²) in [5.74, 6) is 0. The van der Waals surface area contributed by atoms with Gasteiger partial charge in [-0.2, -0.15) is 0 Å². The molecule has 0 radical (unpaired) electrons. The van der Waals surface area contributed by atoms with E-state index >= 15 is 0 Å². The number of carbonyl (C=O) groups is 1. The minimum atomic E-state index is -0.213. The van der Waals surface area contributed by atoms with Gasteiger partial charge in [-0.15, -0.1) is 0 Å². The number of anilines is 1. The number of amides is 2. The number of urea groups is 1. The third kappa shape index (κ3) is 5.34. The average molecular weight is 286 g/mol. The van der Waals surface area contributed by atoms with Gasteiger partial charge in [0.1, 0.15) is 0 Å². The summed E-state index contributed by atoms with van der Waals surface area (Å²) >= 11 is 0. The number of furan rings is 1. The smallest absolute Gasteiger partial charge is 0.319 e. The fourth-order valence-electron chi connectivity index (χ4n) is 2.08. The van der Waals surface area contributed by atoms with Crippen LogP contribution in [0.5, 0.6) is 0 Å². The molecular formula is C17H22N2O2. The van der Waals surface area contributed by atoms with Crippen LogP contribution in [0.1, 0.15) is 37.3 Å². The van der Waals surface area contributed by atoms with E-state index in [0.29, 0.717) is 6.54 Å². The lowest BCUT2D eigenvalue weighted by atomic mass is 10.1. The number of benzene rings is 1. The van der Waals surface area contributed by atoms with E-state index in [1.165, 1.54) is 24.8 Å². The van der Waals surface area contributed by atoms with Gasteiger partial charge < -0.3 is 15.1 Å². The summed E-state index contributed by atoms with van der Waals surface area (Å²) < 4.78 is 4.95. The van der Waals surface area contributed by atoms with Crippen molar-refractivity contribution in [3.8, 4) is 0 Å². The van der Waals surface area contributed by atoms with Crippen LogP contribution in [-0.4, -0.2) is 6.03 Å². The molecule has 1 heterocycles. The number of nitrogens with one attached hydrogen (secondary N) is 2. The van der Waals surface area contributed by atoms with Crippen LogP contribution in [-0.2, 0) is 13.0 Å². The third-order valence-electron chi connectivity index (χ3n) is 3.31. The molecule has 4 heteroatoms. The maximum Gasteiger partial charge on any atom is 0.319 e. The standard InChI is InChI=1S/C17H22N2O2/c1-2-3-4-5-14-6-8-16(9-7-14)19-17(20)18-12-15-10-11-21-13-15/h6-11,13H,2-5,12H2,1H3,(H2,18,19,20). The minimum absolute atomic E-state index is 0.213. The molecule has 2 rings (SSSR count). The number of unbranched alkanes of at least 4 members (excludes halogenated alkanes) is 2. The number of rotatable bonds is 7. The molecule has 4 nitrogen and oxygen atoms in total. The van der Waals surface area contributed by atoms with Crippen LogP contribution >= 0.6 is 0 Å². The zero-order valence-electron chi connectivity index (χ0n) is 12.4. The maximum atomic E-state index is 11.8. The lowest BCUT2D eigenvalue weighted by Gasteiger charge is -2.07. The van der Waals surface area contributed by atoms with Crippen LogP contribution in [0.4, 0.5) is 10.5 Å². The Bertz CT molecular complexity index is 532. The maximum absolute atomic E-state index is 11.8. The molecule has 2 aromatic rings. The van der Waals surface area contributed by atoms with Crippen molar-refractivity contribution < 1.29 is 9.21 Å². The lowest BCUT2D eigenvalue weighted by molar-refractivity contribution is 0.251. The van der Waals surface area contributed by atoms with Crippen LogP contribution in [0.2, 0.25) is 0 Å².